The lowest BCUT2D eigenvalue weighted by Crippen LogP contribution is -2.21. The minimum absolute atomic E-state index is 0.443. The average molecular weight is 196 g/mol. The first-order valence-corrected chi connectivity index (χ1v) is 4.45. The number of aliphatic carboxylic acids is 1. The van der Waals surface area contributed by atoms with Gasteiger partial charge < -0.3 is 10.2 Å². The van der Waals surface area contributed by atoms with Gasteiger partial charge >= 0.3 is 5.97 Å². The van der Waals surface area contributed by atoms with E-state index in [1.165, 1.54) is 12.5 Å². The molecule has 0 aliphatic carbocycles. The van der Waals surface area contributed by atoms with E-state index in [2.05, 4.69) is 5.92 Å². The molecular weight excluding hydrogens is 180 g/mol. The quantitative estimate of drug-likeness (QED) is 0.532. The van der Waals surface area contributed by atoms with Gasteiger partial charge in [0.25, 0.3) is 0 Å². The lowest BCUT2D eigenvalue weighted by Gasteiger charge is -2.14. The van der Waals surface area contributed by atoms with Crippen LogP contribution in [-0.2, 0) is 4.79 Å². The van der Waals surface area contributed by atoms with Crippen LogP contribution in [0.1, 0.15) is 33.6 Å². The van der Waals surface area contributed by atoms with E-state index in [0.29, 0.717) is 12.8 Å². The second-order valence-corrected chi connectivity index (χ2v) is 3.65. The highest BCUT2D eigenvalue weighted by atomic mass is 16.4. The Bertz CT molecular complexity index is 285. The predicted molar refractivity (Wildman–Crippen MR) is 54.7 cm³/mol. The summed E-state index contributed by atoms with van der Waals surface area (Å²) in [6.07, 6.45) is 3.12. The lowest BCUT2D eigenvalue weighted by atomic mass is 10.0. The van der Waals surface area contributed by atoms with Gasteiger partial charge in [0.15, 0.2) is 0 Å². The molecule has 0 aliphatic heterocycles. The topological polar surface area (TPSA) is 57.5 Å². The summed E-state index contributed by atoms with van der Waals surface area (Å²) in [5, 5.41) is 17.9. The van der Waals surface area contributed by atoms with Crippen LogP contribution < -0.4 is 0 Å². The van der Waals surface area contributed by atoms with E-state index in [9.17, 15) is 9.90 Å². The van der Waals surface area contributed by atoms with Crippen LogP contribution >= 0.6 is 0 Å². The summed E-state index contributed by atoms with van der Waals surface area (Å²) >= 11 is 0. The Labute approximate surface area is 84.4 Å². The molecule has 3 nitrogen and oxygen atoms in total. The molecule has 3 heteroatoms. The summed E-state index contributed by atoms with van der Waals surface area (Å²) in [5.41, 5.74) is -0.0448. The molecule has 2 N–H and O–H groups in total. The molecule has 0 fully saturated rings. The Morgan fingerprint density at radius 1 is 1.50 bits per heavy atom. The van der Waals surface area contributed by atoms with E-state index in [0.717, 1.165) is 0 Å². The molecule has 14 heavy (non-hydrogen) atoms. The predicted octanol–water partition coefficient (Wildman–Crippen LogP) is 1.57. The van der Waals surface area contributed by atoms with Gasteiger partial charge in [0.05, 0.1) is 0 Å². The number of carbonyl (C=O) groups is 1. The van der Waals surface area contributed by atoms with Crippen molar-refractivity contribution >= 4 is 5.97 Å². The summed E-state index contributed by atoms with van der Waals surface area (Å²) in [4.78, 5) is 10.1. The number of carboxylic acid groups (broad SMARTS) is 1. The van der Waals surface area contributed by atoms with Crippen LogP contribution in [0, 0.1) is 11.8 Å². The lowest BCUT2D eigenvalue weighted by molar-refractivity contribution is -0.130. The monoisotopic (exact) mass is 196 g/mol. The highest BCUT2D eigenvalue weighted by Gasteiger charge is 2.15. The molecule has 0 rings (SSSR count). The first-order chi connectivity index (χ1) is 6.33. The second kappa shape index (κ2) is 5.46. The summed E-state index contributed by atoms with van der Waals surface area (Å²) in [6.45, 7) is 5.46. The van der Waals surface area contributed by atoms with Gasteiger partial charge in [0.1, 0.15) is 5.60 Å². The molecule has 0 saturated heterocycles. The van der Waals surface area contributed by atoms with E-state index in [1.807, 2.05) is 25.8 Å². The summed E-state index contributed by atoms with van der Waals surface area (Å²) in [7, 11) is 0. The molecule has 0 aromatic carbocycles. The third kappa shape index (κ3) is 7.38. The van der Waals surface area contributed by atoms with Gasteiger partial charge in [0, 0.05) is 5.92 Å². The van der Waals surface area contributed by atoms with Crippen molar-refractivity contribution in [2.45, 2.75) is 39.2 Å². The normalized spacial score (nSPS) is 13.4. The molecule has 0 aromatic heterocycles. The molecule has 0 aliphatic rings. The summed E-state index contributed by atoms with van der Waals surface area (Å²) in [6, 6.07) is 0. The molecule has 0 saturated carbocycles. The number of aliphatic hydroxyl groups is 1. The number of allylic oxidation sites excluding steroid dienone is 2. The zero-order valence-corrected chi connectivity index (χ0v) is 8.79. The van der Waals surface area contributed by atoms with Crippen molar-refractivity contribution < 1.29 is 15.0 Å². The third-order valence-corrected chi connectivity index (χ3v) is 1.62. The van der Waals surface area contributed by atoms with Crippen molar-refractivity contribution in [2.75, 3.05) is 0 Å². The largest absolute Gasteiger partial charge is 0.472 e. The van der Waals surface area contributed by atoms with Gasteiger partial charge in [-0.25, -0.2) is 4.79 Å². The van der Waals surface area contributed by atoms with Gasteiger partial charge in [-0.15, -0.1) is 0 Å². The first-order valence-electron chi connectivity index (χ1n) is 4.45. The van der Waals surface area contributed by atoms with Crippen molar-refractivity contribution in [3.63, 3.8) is 0 Å². The third-order valence-electron chi connectivity index (χ3n) is 1.62. The van der Waals surface area contributed by atoms with Crippen molar-refractivity contribution in [3.8, 4) is 11.8 Å². The van der Waals surface area contributed by atoms with Crippen molar-refractivity contribution in [3.05, 3.63) is 11.6 Å². The minimum Gasteiger partial charge on any atom is -0.472 e. The van der Waals surface area contributed by atoms with Gasteiger partial charge in [-0.3, -0.25) is 0 Å². The van der Waals surface area contributed by atoms with Crippen molar-refractivity contribution in [1.82, 2.24) is 0 Å². The number of rotatable bonds is 3. The maximum atomic E-state index is 10.1. The van der Waals surface area contributed by atoms with Crippen LogP contribution in [0.4, 0.5) is 0 Å². The van der Waals surface area contributed by atoms with Crippen LogP contribution in [0.25, 0.3) is 0 Å². The molecule has 1 atom stereocenters. The molecule has 0 aromatic rings. The van der Waals surface area contributed by atoms with Gasteiger partial charge in [-0.1, -0.05) is 17.6 Å². The number of hydrogen-bond acceptors (Lipinski definition) is 2. The highest BCUT2D eigenvalue weighted by molar-refractivity contribution is 5.86. The van der Waals surface area contributed by atoms with Crippen LogP contribution in [0.3, 0.4) is 0 Å². The van der Waals surface area contributed by atoms with Gasteiger partial charge in [-0.05, 0) is 33.6 Å². The Kier molecular flexibility index (Phi) is 4.96. The van der Waals surface area contributed by atoms with E-state index in [1.54, 1.807) is 0 Å². The second-order valence-electron chi connectivity index (χ2n) is 3.65. The first kappa shape index (κ1) is 12.7. The Balaban J connectivity index is 4.17. The van der Waals surface area contributed by atoms with E-state index in [-0.39, 0.29) is 0 Å². The summed E-state index contributed by atoms with van der Waals surface area (Å²) < 4.78 is 0. The molecule has 1 unspecified atom stereocenters. The molecule has 0 radical (unpaired) electrons. The highest BCUT2D eigenvalue weighted by Crippen LogP contribution is 2.11. The SMILES string of the molecule is CC(C)=CCCC(C)(O)C#CC(=O)O. The van der Waals surface area contributed by atoms with E-state index in [4.69, 9.17) is 5.11 Å². The molecule has 0 amide bonds. The van der Waals surface area contributed by atoms with Crippen LogP contribution in [0.5, 0.6) is 0 Å². The van der Waals surface area contributed by atoms with Crippen LogP contribution in [-0.4, -0.2) is 21.8 Å². The fraction of sp³-hybridized carbons (Fsp3) is 0.545. The Morgan fingerprint density at radius 2 is 2.07 bits per heavy atom. The zero-order chi connectivity index (χ0) is 11.2. The zero-order valence-electron chi connectivity index (χ0n) is 8.79. The van der Waals surface area contributed by atoms with Crippen LogP contribution in [0.2, 0.25) is 0 Å². The molecule has 0 heterocycles. The maximum absolute atomic E-state index is 10.1. The Hall–Kier alpha value is -1.27. The van der Waals surface area contributed by atoms with E-state index < -0.39 is 11.6 Å². The average Bonchev–Trinajstić information content (AvgIpc) is 2.00. The van der Waals surface area contributed by atoms with Gasteiger partial charge in [-0.2, -0.15) is 0 Å². The fourth-order valence-electron chi connectivity index (χ4n) is 0.893. The van der Waals surface area contributed by atoms with Crippen molar-refractivity contribution in [1.29, 1.82) is 0 Å². The number of hydrogen-bond donors (Lipinski definition) is 2. The van der Waals surface area contributed by atoms with Crippen LogP contribution in [0.15, 0.2) is 11.6 Å². The Morgan fingerprint density at radius 3 is 2.50 bits per heavy atom. The smallest absolute Gasteiger partial charge is 0.382 e. The fourth-order valence-corrected chi connectivity index (χ4v) is 0.893. The molecule has 78 valence electrons. The molecule has 0 bridgehead atoms. The summed E-state index contributed by atoms with van der Waals surface area (Å²) in [5.74, 6) is 3.01. The standard InChI is InChI=1S/C11H16O3/c1-9(2)5-4-7-11(3,14)8-6-10(12)13/h5,14H,4,7H2,1-3H3,(H,12,13). The van der Waals surface area contributed by atoms with E-state index >= 15 is 0 Å². The number of carboxylic acids is 1. The van der Waals surface area contributed by atoms with Gasteiger partial charge in [0.2, 0.25) is 0 Å². The maximum Gasteiger partial charge on any atom is 0.382 e. The molecule has 0 spiro atoms. The van der Waals surface area contributed by atoms with Crippen molar-refractivity contribution in [2.24, 2.45) is 0 Å². The minimum atomic E-state index is -1.22. The molecular formula is C11H16O3.